The van der Waals surface area contributed by atoms with E-state index in [4.69, 9.17) is 17.3 Å². The first-order valence-corrected chi connectivity index (χ1v) is 8.30. The van der Waals surface area contributed by atoms with Crippen LogP contribution in [0.4, 0.5) is 4.39 Å². The Morgan fingerprint density at radius 3 is 2.58 bits per heavy atom. The lowest BCUT2D eigenvalue weighted by atomic mass is 10.1. The molecule has 0 saturated heterocycles. The van der Waals surface area contributed by atoms with Crippen LogP contribution in [0.5, 0.6) is 0 Å². The molecule has 1 aliphatic carbocycles. The minimum absolute atomic E-state index is 0.0567. The van der Waals surface area contributed by atoms with Gasteiger partial charge in [0, 0.05) is 6.04 Å². The van der Waals surface area contributed by atoms with Gasteiger partial charge in [0.15, 0.2) is 9.84 Å². The number of benzene rings is 1. The minimum Gasteiger partial charge on any atom is -0.327 e. The van der Waals surface area contributed by atoms with E-state index in [9.17, 15) is 12.8 Å². The van der Waals surface area contributed by atoms with Crippen molar-refractivity contribution in [3.8, 4) is 0 Å². The Labute approximate surface area is 117 Å². The largest absolute Gasteiger partial charge is 0.327 e. The van der Waals surface area contributed by atoms with Crippen molar-refractivity contribution in [3.05, 3.63) is 29.0 Å². The summed E-state index contributed by atoms with van der Waals surface area (Å²) in [6.45, 7) is 0. The molecule has 19 heavy (non-hydrogen) atoms. The summed E-state index contributed by atoms with van der Waals surface area (Å²) in [6.07, 6.45) is 4.07. The summed E-state index contributed by atoms with van der Waals surface area (Å²) < 4.78 is 38.2. The first-order chi connectivity index (χ1) is 8.93. The van der Waals surface area contributed by atoms with Crippen LogP contribution >= 0.6 is 11.6 Å². The highest BCUT2D eigenvalue weighted by atomic mass is 35.5. The van der Waals surface area contributed by atoms with Crippen molar-refractivity contribution in [1.29, 1.82) is 0 Å². The summed E-state index contributed by atoms with van der Waals surface area (Å²) in [5, 5.41) is -0.778. The van der Waals surface area contributed by atoms with Crippen molar-refractivity contribution < 1.29 is 12.8 Å². The van der Waals surface area contributed by atoms with Gasteiger partial charge in [0.05, 0.1) is 15.2 Å². The van der Waals surface area contributed by atoms with Crippen LogP contribution in [-0.4, -0.2) is 19.7 Å². The zero-order valence-electron chi connectivity index (χ0n) is 10.5. The fourth-order valence-corrected chi connectivity index (χ4v) is 4.72. The van der Waals surface area contributed by atoms with Gasteiger partial charge in [-0.25, -0.2) is 12.8 Å². The smallest absolute Gasteiger partial charge is 0.182 e. The maximum Gasteiger partial charge on any atom is 0.182 e. The molecular formula is C13H17ClFNO2S. The number of hydrogen-bond acceptors (Lipinski definition) is 3. The Balaban J connectivity index is 2.37. The molecule has 106 valence electrons. The first kappa shape index (κ1) is 14.8. The molecule has 3 nitrogen and oxygen atoms in total. The van der Waals surface area contributed by atoms with Crippen molar-refractivity contribution in [2.45, 2.75) is 48.3 Å². The van der Waals surface area contributed by atoms with E-state index in [1.807, 2.05) is 0 Å². The van der Waals surface area contributed by atoms with Gasteiger partial charge in [-0.3, -0.25) is 0 Å². The summed E-state index contributed by atoms with van der Waals surface area (Å²) >= 11 is 5.66. The molecular weight excluding hydrogens is 289 g/mol. The third-order valence-electron chi connectivity index (χ3n) is 3.62. The van der Waals surface area contributed by atoms with Gasteiger partial charge in [-0.15, -0.1) is 0 Å². The van der Waals surface area contributed by atoms with Gasteiger partial charge in [0.25, 0.3) is 0 Å². The molecule has 1 aromatic rings. The molecule has 2 rings (SSSR count). The number of rotatable bonds is 2. The predicted molar refractivity (Wildman–Crippen MR) is 73.4 cm³/mol. The zero-order valence-corrected chi connectivity index (χ0v) is 12.1. The molecule has 0 amide bonds. The molecule has 2 unspecified atom stereocenters. The molecule has 0 heterocycles. The molecule has 0 radical (unpaired) electrons. The molecule has 1 aromatic carbocycles. The van der Waals surface area contributed by atoms with Gasteiger partial charge in [0.2, 0.25) is 0 Å². The van der Waals surface area contributed by atoms with E-state index in [0.29, 0.717) is 12.8 Å². The van der Waals surface area contributed by atoms with Gasteiger partial charge < -0.3 is 5.73 Å². The summed E-state index contributed by atoms with van der Waals surface area (Å²) in [5.41, 5.74) is 5.98. The van der Waals surface area contributed by atoms with E-state index in [1.54, 1.807) is 0 Å². The van der Waals surface area contributed by atoms with Crippen LogP contribution in [0.15, 0.2) is 23.1 Å². The fraction of sp³-hybridized carbons (Fsp3) is 0.538. The highest BCUT2D eigenvalue weighted by Gasteiger charge is 2.33. The molecule has 0 bridgehead atoms. The lowest BCUT2D eigenvalue weighted by Gasteiger charge is -2.21. The molecule has 2 N–H and O–H groups in total. The van der Waals surface area contributed by atoms with Gasteiger partial charge in [-0.1, -0.05) is 30.9 Å². The summed E-state index contributed by atoms with van der Waals surface area (Å²) in [5.74, 6) is -0.620. The fourth-order valence-electron chi connectivity index (χ4n) is 2.52. The quantitative estimate of drug-likeness (QED) is 0.675. The van der Waals surface area contributed by atoms with Crippen molar-refractivity contribution >= 4 is 21.4 Å². The average molecular weight is 306 g/mol. The molecule has 0 spiro atoms. The molecule has 6 heteroatoms. The Kier molecular flexibility index (Phi) is 4.48. The second-order valence-electron chi connectivity index (χ2n) is 4.96. The number of nitrogens with two attached hydrogens (primary N) is 1. The Hall–Kier alpha value is -0.650. The number of hydrogen-bond donors (Lipinski definition) is 1. The van der Waals surface area contributed by atoms with E-state index < -0.39 is 20.9 Å². The van der Waals surface area contributed by atoms with E-state index in [0.717, 1.165) is 25.3 Å². The molecule has 2 atom stereocenters. The minimum atomic E-state index is -3.55. The average Bonchev–Trinajstić information content (AvgIpc) is 2.57. The van der Waals surface area contributed by atoms with Gasteiger partial charge >= 0.3 is 0 Å². The Bertz CT molecular complexity index is 562. The SMILES string of the molecule is NC1CCCCCC1S(=O)(=O)c1ccc(F)c(Cl)c1. The van der Waals surface area contributed by atoms with Gasteiger partial charge in [-0.05, 0) is 31.0 Å². The van der Waals surface area contributed by atoms with Crippen molar-refractivity contribution in [1.82, 2.24) is 0 Å². The Morgan fingerprint density at radius 1 is 1.21 bits per heavy atom. The second kappa shape index (κ2) is 5.77. The summed E-state index contributed by atoms with van der Waals surface area (Å²) in [4.78, 5) is 0.0567. The number of halogens is 2. The predicted octanol–water partition coefficient (Wildman–Crippen LogP) is 2.91. The van der Waals surface area contributed by atoms with Crippen LogP contribution in [-0.2, 0) is 9.84 Å². The normalized spacial score (nSPS) is 25.0. The highest BCUT2D eigenvalue weighted by Crippen LogP contribution is 2.29. The van der Waals surface area contributed by atoms with Crippen molar-refractivity contribution in [3.63, 3.8) is 0 Å². The lowest BCUT2D eigenvalue weighted by molar-refractivity contribution is 0.531. The first-order valence-electron chi connectivity index (χ1n) is 6.37. The topological polar surface area (TPSA) is 60.2 Å². The van der Waals surface area contributed by atoms with Crippen LogP contribution in [0.1, 0.15) is 32.1 Å². The molecule has 1 fully saturated rings. The summed E-state index contributed by atoms with van der Waals surface area (Å²) in [7, 11) is -3.55. The van der Waals surface area contributed by atoms with Crippen LogP contribution in [0.3, 0.4) is 0 Å². The third-order valence-corrected chi connectivity index (χ3v) is 6.20. The highest BCUT2D eigenvalue weighted by molar-refractivity contribution is 7.92. The maximum absolute atomic E-state index is 13.1. The van der Waals surface area contributed by atoms with E-state index in [2.05, 4.69) is 0 Å². The van der Waals surface area contributed by atoms with Crippen LogP contribution in [0, 0.1) is 5.82 Å². The number of sulfone groups is 1. The maximum atomic E-state index is 13.1. The second-order valence-corrected chi connectivity index (χ2v) is 7.54. The molecule has 1 saturated carbocycles. The lowest BCUT2D eigenvalue weighted by Crippen LogP contribution is -2.39. The summed E-state index contributed by atoms with van der Waals surface area (Å²) in [6, 6.07) is 3.14. The standard InChI is InChI=1S/C13H17ClFNO2S/c14-10-8-9(6-7-11(10)15)19(17,18)13-5-3-1-2-4-12(13)16/h6-8,12-13H,1-5,16H2. The van der Waals surface area contributed by atoms with E-state index in [1.165, 1.54) is 12.1 Å². The van der Waals surface area contributed by atoms with Crippen LogP contribution in [0.25, 0.3) is 0 Å². The van der Waals surface area contributed by atoms with E-state index in [-0.39, 0.29) is 16.0 Å². The Morgan fingerprint density at radius 2 is 1.89 bits per heavy atom. The third kappa shape index (κ3) is 3.09. The van der Waals surface area contributed by atoms with Gasteiger partial charge in [0.1, 0.15) is 5.82 Å². The monoisotopic (exact) mass is 305 g/mol. The van der Waals surface area contributed by atoms with Crippen LogP contribution < -0.4 is 5.73 Å². The van der Waals surface area contributed by atoms with Gasteiger partial charge in [-0.2, -0.15) is 0 Å². The molecule has 1 aliphatic rings. The van der Waals surface area contributed by atoms with Crippen molar-refractivity contribution in [2.24, 2.45) is 5.73 Å². The zero-order chi connectivity index (χ0) is 14.0. The van der Waals surface area contributed by atoms with E-state index >= 15 is 0 Å². The van der Waals surface area contributed by atoms with Crippen LogP contribution in [0.2, 0.25) is 5.02 Å². The molecule has 0 aliphatic heterocycles. The van der Waals surface area contributed by atoms with Crippen molar-refractivity contribution in [2.75, 3.05) is 0 Å². The molecule has 0 aromatic heterocycles.